The molecule has 1 aliphatic rings. The lowest BCUT2D eigenvalue weighted by molar-refractivity contribution is -0.130. The molecule has 1 heterocycles. The summed E-state index contributed by atoms with van der Waals surface area (Å²) in [6.07, 6.45) is 0. The first-order chi connectivity index (χ1) is 10.0. The van der Waals surface area contributed by atoms with Gasteiger partial charge in [0.25, 0.3) is 5.91 Å². The van der Waals surface area contributed by atoms with Gasteiger partial charge in [-0.05, 0) is 36.3 Å². The van der Waals surface area contributed by atoms with Crippen LogP contribution in [0.3, 0.4) is 0 Å². The highest BCUT2D eigenvalue weighted by atomic mass is 35.5. The zero-order chi connectivity index (χ0) is 15.0. The molecule has 0 saturated heterocycles. The number of benzene rings is 2. The van der Waals surface area contributed by atoms with Crippen LogP contribution in [0.15, 0.2) is 48.5 Å². The molecule has 3 rings (SSSR count). The van der Waals surface area contributed by atoms with Crippen LogP contribution >= 0.6 is 11.6 Å². The number of anilines is 1. The lowest BCUT2D eigenvalue weighted by Crippen LogP contribution is -2.37. The molecule has 1 N–H and O–H groups in total. The Balaban J connectivity index is 2.12. The Morgan fingerprint density at radius 2 is 1.90 bits per heavy atom. The van der Waals surface area contributed by atoms with Crippen LogP contribution in [0.5, 0.6) is 0 Å². The Hall–Kier alpha value is -2.28. The fourth-order valence-corrected chi connectivity index (χ4v) is 2.53. The van der Waals surface area contributed by atoms with Crippen molar-refractivity contribution >= 4 is 23.2 Å². The summed E-state index contributed by atoms with van der Waals surface area (Å²) in [4.78, 5) is 13.7. The predicted octanol–water partition coefficient (Wildman–Crippen LogP) is 2.56. The molecule has 0 bridgehead atoms. The van der Waals surface area contributed by atoms with Crippen LogP contribution in [-0.4, -0.2) is 18.1 Å². The van der Waals surface area contributed by atoms with Crippen molar-refractivity contribution in [1.82, 2.24) is 0 Å². The SMILES string of the molecule is CN1C(=O)C(O)(C#Cc2ccccc2)c2cc(Cl)ccc21. The van der Waals surface area contributed by atoms with Gasteiger partial charge in [0.1, 0.15) is 0 Å². The molecule has 0 aromatic heterocycles. The molecule has 0 fully saturated rings. The molecule has 1 unspecified atom stereocenters. The summed E-state index contributed by atoms with van der Waals surface area (Å²) >= 11 is 5.97. The van der Waals surface area contributed by atoms with Gasteiger partial charge < -0.3 is 10.0 Å². The van der Waals surface area contributed by atoms with E-state index in [1.807, 2.05) is 30.3 Å². The summed E-state index contributed by atoms with van der Waals surface area (Å²) in [5, 5.41) is 11.2. The first-order valence-corrected chi connectivity index (χ1v) is 6.79. The standard InChI is InChI=1S/C17H12ClNO2/c1-19-15-8-7-13(18)11-14(15)17(21,16(19)20)10-9-12-5-3-2-4-6-12/h2-8,11,21H,1H3. The molecule has 3 nitrogen and oxygen atoms in total. The van der Waals surface area contributed by atoms with E-state index in [0.717, 1.165) is 5.56 Å². The number of nitrogens with zero attached hydrogens (tertiary/aromatic N) is 1. The second kappa shape index (κ2) is 4.92. The maximum Gasteiger partial charge on any atom is 0.276 e. The van der Waals surface area contributed by atoms with E-state index < -0.39 is 11.5 Å². The smallest absolute Gasteiger partial charge is 0.276 e. The van der Waals surface area contributed by atoms with Crippen LogP contribution in [0.1, 0.15) is 11.1 Å². The predicted molar refractivity (Wildman–Crippen MR) is 82.1 cm³/mol. The van der Waals surface area contributed by atoms with E-state index in [1.165, 1.54) is 4.90 Å². The molecule has 0 radical (unpaired) electrons. The van der Waals surface area contributed by atoms with E-state index in [9.17, 15) is 9.90 Å². The van der Waals surface area contributed by atoms with Crippen molar-refractivity contribution < 1.29 is 9.90 Å². The highest BCUT2D eigenvalue weighted by Gasteiger charge is 2.47. The van der Waals surface area contributed by atoms with E-state index in [2.05, 4.69) is 11.8 Å². The summed E-state index contributed by atoms with van der Waals surface area (Å²) < 4.78 is 0. The number of halogens is 1. The third-order valence-electron chi connectivity index (χ3n) is 3.49. The van der Waals surface area contributed by atoms with Crippen molar-refractivity contribution in [3.63, 3.8) is 0 Å². The van der Waals surface area contributed by atoms with Gasteiger partial charge in [-0.25, -0.2) is 0 Å². The van der Waals surface area contributed by atoms with Gasteiger partial charge in [0.05, 0.1) is 5.69 Å². The Morgan fingerprint density at radius 3 is 2.62 bits per heavy atom. The lowest BCUT2D eigenvalue weighted by Gasteiger charge is -2.14. The van der Waals surface area contributed by atoms with Crippen molar-refractivity contribution in [3.05, 3.63) is 64.7 Å². The number of carbonyl (C=O) groups excluding carboxylic acids is 1. The van der Waals surface area contributed by atoms with E-state index in [-0.39, 0.29) is 0 Å². The number of aliphatic hydroxyl groups is 1. The number of hydrogen-bond donors (Lipinski definition) is 1. The summed E-state index contributed by atoms with van der Waals surface area (Å²) in [6, 6.07) is 14.2. The zero-order valence-electron chi connectivity index (χ0n) is 11.3. The third kappa shape index (κ3) is 2.19. The van der Waals surface area contributed by atoms with E-state index in [0.29, 0.717) is 16.3 Å². The number of hydrogen-bond acceptors (Lipinski definition) is 2. The van der Waals surface area contributed by atoms with Crippen molar-refractivity contribution in [1.29, 1.82) is 0 Å². The Labute approximate surface area is 127 Å². The minimum absolute atomic E-state index is 0.422. The van der Waals surface area contributed by atoms with Gasteiger partial charge in [-0.1, -0.05) is 35.7 Å². The number of likely N-dealkylation sites (N-methyl/N-ethyl adjacent to an activating group) is 1. The molecule has 2 aromatic carbocycles. The first-order valence-electron chi connectivity index (χ1n) is 6.41. The normalized spacial score (nSPS) is 20.0. The van der Waals surface area contributed by atoms with Gasteiger partial charge in [0.2, 0.25) is 5.60 Å². The summed E-state index contributed by atoms with van der Waals surface area (Å²) in [5.74, 6) is 5.07. The van der Waals surface area contributed by atoms with Crippen LogP contribution in [0.25, 0.3) is 0 Å². The molecular weight excluding hydrogens is 286 g/mol. The molecule has 2 aromatic rings. The lowest BCUT2D eigenvalue weighted by atomic mass is 9.95. The van der Waals surface area contributed by atoms with Crippen molar-refractivity contribution in [3.8, 4) is 11.8 Å². The number of rotatable bonds is 0. The Bertz CT molecular complexity index is 776. The van der Waals surface area contributed by atoms with Gasteiger partial charge >= 0.3 is 0 Å². The Kier molecular flexibility index (Phi) is 3.21. The van der Waals surface area contributed by atoms with E-state index >= 15 is 0 Å². The fourth-order valence-electron chi connectivity index (χ4n) is 2.36. The fraction of sp³-hybridized carbons (Fsp3) is 0.118. The molecule has 0 saturated carbocycles. The average Bonchev–Trinajstić information content (AvgIpc) is 2.69. The molecule has 0 aliphatic carbocycles. The van der Waals surface area contributed by atoms with Gasteiger partial charge in [0.15, 0.2) is 0 Å². The number of carbonyl (C=O) groups is 1. The summed E-state index contributed by atoms with van der Waals surface area (Å²) in [7, 11) is 1.61. The van der Waals surface area contributed by atoms with Crippen LogP contribution in [0.2, 0.25) is 5.02 Å². The minimum Gasteiger partial charge on any atom is -0.366 e. The zero-order valence-corrected chi connectivity index (χ0v) is 12.1. The van der Waals surface area contributed by atoms with Crippen LogP contribution in [0, 0.1) is 11.8 Å². The van der Waals surface area contributed by atoms with Gasteiger partial charge in [-0.3, -0.25) is 4.79 Å². The topological polar surface area (TPSA) is 40.5 Å². The number of amides is 1. The molecule has 104 valence electrons. The largest absolute Gasteiger partial charge is 0.366 e. The molecule has 1 aliphatic heterocycles. The van der Waals surface area contributed by atoms with Crippen LogP contribution in [0.4, 0.5) is 5.69 Å². The maximum atomic E-state index is 12.3. The Morgan fingerprint density at radius 1 is 1.19 bits per heavy atom. The van der Waals surface area contributed by atoms with Crippen molar-refractivity contribution in [2.75, 3.05) is 11.9 Å². The maximum absolute atomic E-state index is 12.3. The number of fused-ring (bicyclic) bond motifs is 1. The van der Waals surface area contributed by atoms with Gasteiger partial charge in [0, 0.05) is 23.2 Å². The average molecular weight is 298 g/mol. The van der Waals surface area contributed by atoms with Crippen molar-refractivity contribution in [2.24, 2.45) is 0 Å². The van der Waals surface area contributed by atoms with E-state index in [4.69, 9.17) is 11.6 Å². The van der Waals surface area contributed by atoms with Gasteiger partial charge in [-0.15, -0.1) is 0 Å². The molecule has 21 heavy (non-hydrogen) atoms. The van der Waals surface area contributed by atoms with Crippen molar-refractivity contribution in [2.45, 2.75) is 5.60 Å². The quantitative estimate of drug-likeness (QED) is 0.759. The molecule has 1 amide bonds. The highest BCUT2D eigenvalue weighted by Crippen LogP contribution is 2.40. The highest BCUT2D eigenvalue weighted by molar-refractivity contribution is 6.31. The van der Waals surface area contributed by atoms with Crippen LogP contribution < -0.4 is 4.90 Å². The summed E-state index contributed by atoms with van der Waals surface area (Å²) in [6.45, 7) is 0. The summed E-state index contributed by atoms with van der Waals surface area (Å²) in [5.41, 5.74) is -0.0813. The monoisotopic (exact) mass is 297 g/mol. The van der Waals surface area contributed by atoms with Gasteiger partial charge in [-0.2, -0.15) is 0 Å². The molecular formula is C17H12ClNO2. The molecule has 4 heteroatoms. The molecule has 1 atom stereocenters. The second-order valence-electron chi connectivity index (χ2n) is 4.85. The first kappa shape index (κ1) is 13.7. The minimum atomic E-state index is -1.86. The van der Waals surface area contributed by atoms with E-state index in [1.54, 1.807) is 25.2 Å². The third-order valence-corrected chi connectivity index (χ3v) is 3.72. The second-order valence-corrected chi connectivity index (χ2v) is 5.29. The van der Waals surface area contributed by atoms with Crippen LogP contribution in [-0.2, 0) is 10.4 Å². The molecule has 0 spiro atoms.